The van der Waals surface area contributed by atoms with E-state index < -0.39 is 0 Å². The van der Waals surface area contributed by atoms with Crippen molar-refractivity contribution in [2.24, 2.45) is 5.92 Å². The summed E-state index contributed by atoms with van der Waals surface area (Å²) in [5.74, 6) is 0.497. The molecular weight excluding hydrogens is 267 g/mol. The number of hydrogen-bond acceptors (Lipinski definition) is 1. The average molecular weight is 291 g/mol. The summed E-state index contributed by atoms with van der Waals surface area (Å²) in [6.07, 6.45) is 7.80. The summed E-state index contributed by atoms with van der Waals surface area (Å²) >= 11 is 0. The molecule has 1 aromatic rings. The van der Waals surface area contributed by atoms with Gasteiger partial charge in [0.25, 0.3) is 5.91 Å². The van der Waals surface area contributed by atoms with Crippen molar-refractivity contribution in [3.63, 3.8) is 0 Å². The largest absolute Gasteiger partial charge is 0.324 e. The van der Waals surface area contributed by atoms with Crippen molar-refractivity contribution in [3.8, 4) is 0 Å². The summed E-state index contributed by atoms with van der Waals surface area (Å²) in [4.78, 5) is 13.6. The van der Waals surface area contributed by atoms with Gasteiger partial charge in [0.1, 0.15) is 5.82 Å². The number of fused-ring (bicyclic) bond motifs is 1. The molecule has 1 saturated carbocycles. The van der Waals surface area contributed by atoms with Gasteiger partial charge in [-0.25, -0.2) is 4.39 Å². The molecule has 3 rings (SSSR count). The maximum atomic E-state index is 13.1. The molecule has 1 unspecified atom stereocenters. The molecule has 0 bridgehead atoms. The predicted molar refractivity (Wildman–Crippen MR) is 80.7 cm³/mol. The van der Waals surface area contributed by atoms with Gasteiger partial charge in [0, 0.05) is 11.6 Å². The Morgan fingerprint density at radius 3 is 2.90 bits per heavy atom. The number of hydrogen-bond donors (Lipinski definition) is 2. The molecule has 2 N–H and O–H groups in total. The number of carbonyl (C=O) groups excluding carboxylic acids is 1. The third-order valence-electron chi connectivity index (χ3n) is 5.00. The van der Waals surface area contributed by atoms with Crippen molar-refractivity contribution in [1.82, 2.24) is 0 Å². The van der Waals surface area contributed by atoms with E-state index >= 15 is 0 Å². The molecule has 1 saturated heterocycles. The summed E-state index contributed by atoms with van der Waals surface area (Å²) in [5.41, 5.74) is 0.552. The fourth-order valence-corrected chi connectivity index (χ4v) is 4.06. The second-order valence-corrected chi connectivity index (χ2v) is 6.44. The summed E-state index contributed by atoms with van der Waals surface area (Å²) < 4.78 is 13.1. The number of anilines is 1. The Labute approximate surface area is 125 Å². The normalized spacial score (nSPS) is 28.7. The summed E-state index contributed by atoms with van der Waals surface area (Å²) in [5, 5.41) is 2.83. The van der Waals surface area contributed by atoms with Crippen molar-refractivity contribution in [2.75, 3.05) is 18.4 Å². The summed E-state index contributed by atoms with van der Waals surface area (Å²) in [6.45, 7) is 1.61. The number of benzene rings is 1. The highest BCUT2D eigenvalue weighted by Gasteiger charge is 2.37. The Hall–Kier alpha value is -1.42. The molecule has 0 spiro atoms. The average Bonchev–Trinajstić information content (AvgIpc) is 2.47. The van der Waals surface area contributed by atoms with Gasteiger partial charge in [-0.3, -0.25) is 4.79 Å². The quantitative estimate of drug-likeness (QED) is 0.877. The predicted octanol–water partition coefficient (Wildman–Crippen LogP) is 2.00. The zero-order valence-electron chi connectivity index (χ0n) is 12.4. The van der Waals surface area contributed by atoms with E-state index in [0.717, 1.165) is 12.5 Å². The SMILES string of the molecule is O=C(C[NH+]1CCC[C@H]2CCCC[C@@H]21)Nc1cccc(F)c1. The first-order valence-electron chi connectivity index (χ1n) is 8.12. The smallest absolute Gasteiger partial charge is 0.279 e. The molecular formula is C17H24FN2O+. The standard InChI is InChI=1S/C17H23FN2O/c18-14-7-3-8-15(11-14)19-17(21)12-20-10-4-6-13-5-1-2-9-16(13)20/h3,7-8,11,13,16H,1-2,4-6,9-10,12H2,(H,19,21)/p+1/t13-,16+/m1/s1. The molecule has 0 radical (unpaired) electrons. The Kier molecular flexibility index (Phi) is 4.54. The molecule has 1 aliphatic heterocycles. The molecule has 3 nitrogen and oxygen atoms in total. The molecule has 1 aromatic carbocycles. The van der Waals surface area contributed by atoms with Crippen LogP contribution in [0.15, 0.2) is 24.3 Å². The summed E-state index contributed by atoms with van der Waals surface area (Å²) in [7, 11) is 0. The number of piperidine rings is 1. The van der Waals surface area contributed by atoms with Gasteiger partial charge >= 0.3 is 0 Å². The number of carbonyl (C=O) groups is 1. The fourth-order valence-electron chi connectivity index (χ4n) is 4.06. The van der Waals surface area contributed by atoms with E-state index in [0.29, 0.717) is 18.3 Å². The minimum atomic E-state index is -0.314. The number of amides is 1. The fraction of sp³-hybridized carbons (Fsp3) is 0.588. The lowest BCUT2D eigenvalue weighted by molar-refractivity contribution is -0.928. The minimum Gasteiger partial charge on any atom is -0.324 e. The molecule has 1 heterocycles. The lowest BCUT2D eigenvalue weighted by atomic mass is 9.78. The van der Waals surface area contributed by atoms with Gasteiger partial charge in [-0.15, -0.1) is 0 Å². The van der Waals surface area contributed by atoms with Crippen LogP contribution >= 0.6 is 0 Å². The second-order valence-electron chi connectivity index (χ2n) is 6.44. The number of quaternary nitrogens is 1. The van der Waals surface area contributed by atoms with Gasteiger partial charge in [-0.2, -0.15) is 0 Å². The first-order chi connectivity index (χ1) is 10.2. The van der Waals surface area contributed by atoms with Gasteiger partial charge in [0.2, 0.25) is 0 Å². The Morgan fingerprint density at radius 1 is 1.24 bits per heavy atom. The molecule has 3 atom stereocenters. The van der Waals surface area contributed by atoms with Crippen LogP contribution in [0.25, 0.3) is 0 Å². The maximum Gasteiger partial charge on any atom is 0.279 e. The van der Waals surface area contributed by atoms with Crippen LogP contribution in [0.5, 0.6) is 0 Å². The first-order valence-corrected chi connectivity index (χ1v) is 8.12. The first kappa shape index (κ1) is 14.5. The van der Waals surface area contributed by atoms with Gasteiger partial charge in [-0.05, 0) is 50.3 Å². The maximum absolute atomic E-state index is 13.1. The highest BCUT2D eigenvalue weighted by Crippen LogP contribution is 2.28. The zero-order chi connectivity index (χ0) is 14.7. The molecule has 0 aromatic heterocycles. The molecule has 2 fully saturated rings. The molecule has 1 amide bonds. The molecule has 4 heteroatoms. The van der Waals surface area contributed by atoms with E-state index in [2.05, 4.69) is 5.32 Å². The molecule has 2 aliphatic rings. The third kappa shape index (κ3) is 3.62. The Morgan fingerprint density at radius 2 is 2.05 bits per heavy atom. The number of rotatable bonds is 3. The highest BCUT2D eigenvalue weighted by molar-refractivity contribution is 5.91. The molecule has 21 heavy (non-hydrogen) atoms. The van der Waals surface area contributed by atoms with Gasteiger partial charge in [0.15, 0.2) is 6.54 Å². The lowest BCUT2D eigenvalue weighted by Gasteiger charge is -2.40. The van der Waals surface area contributed by atoms with Crippen LogP contribution in [0.1, 0.15) is 38.5 Å². The monoisotopic (exact) mass is 291 g/mol. The second kappa shape index (κ2) is 6.56. The van der Waals surface area contributed by atoms with E-state index in [-0.39, 0.29) is 11.7 Å². The van der Waals surface area contributed by atoms with Crippen molar-refractivity contribution in [1.29, 1.82) is 0 Å². The lowest BCUT2D eigenvalue weighted by Crippen LogP contribution is -3.18. The van der Waals surface area contributed by atoms with Gasteiger partial charge in [-0.1, -0.05) is 12.5 Å². The third-order valence-corrected chi connectivity index (χ3v) is 5.00. The zero-order valence-corrected chi connectivity index (χ0v) is 12.4. The van der Waals surface area contributed by atoms with Crippen molar-refractivity contribution < 1.29 is 14.1 Å². The number of likely N-dealkylation sites (tertiary alicyclic amines) is 1. The van der Waals surface area contributed by atoms with Gasteiger partial charge < -0.3 is 10.2 Å². The number of nitrogens with one attached hydrogen (secondary N) is 2. The topological polar surface area (TPSA) is 33.5 Å². The van der Waals surface area contributed by atoms with Crippen molar-refractivity contribution in [3.05, 3.63) is 30.1 Å². The van der Waals surface area contributed by atoms with Crippen LogP contribution in [-0.2, 0) is 4.79 Å². The van der Waals surface area contributed by atoms with Crippen LogP contribution in [0, 0.1) is 11.7 Å². The Bertz CT molecular complexity index is 503. The Balaban J connectivity index is 1.58. The van der Waals surface area contributed by atoms with Crippen LogP contribution in [-0.4, -0.2) is 25.0 Å². The number of halogens is 1. The van der Waals surface area contributed by atoms with E-state index in [9.17, 15) is 9.18 Å². The van der Waals surface area contributed by atoms with E-state index in [1.807, 2.05) is 0 Å². The van der Waals surface area contributed by atoms with Crippen molar-refractivity contribution >= 4 is 11.6 Å². The minimum absolute atomic E-state index is 0.00169. The summed E-state index contributed by atoms with van der Waals surface area (Å²) in [6, 6.07) is 6.77. The highest BCUT2D eigenvalue weighted by atomic mass is 19.1. The molecule has 1 aliphatic carbocycles. The van der Waals surface area contributed by atoms with E-state index in [1.54, 1.807) is 12.1 Å². The van der Waals surface area contributed by atoms with Crippen LogP contribution in [0.4, 0.5) is 10.1 Å². The van der Waals surface area contributed by atoms with E-state index in [4.69, 9.17) is 0 Å². The van der Waals surface area contributed by atoms with E-state index in [1.165, 1.54) is 55.6 Å². The van der Waals surface area contributed by atoms with Crippen LogP contribution < -0.4 is 10.2 Å². The van der Waals surface area contributed by atoms with Crippen LogP contribution in [0.3, 0.4) is 0 Å². The van der Waals surface area contributed by atoms with Gasteiger partial charge in [0.05, 0.1) is 12.6 Å². The molecule has 114 valence electrons. The van der Waals surface area contributed by atoms with Crippen molar-refractivity contribution in [2.45, 2.75) is 44.6 Å². The van der Waals surface area contributed by atoms with Crippen LogP contribution in [0.2, 0.25) is 0 Å².